The largest absolute Gasteiger partial charge is 0.465 e. The Morgan fingerprint density at radius 1 is 0.814 bits per heavy atom. The van der Waals surface area contributed by atoms with Crippen LogP contribution in [0.2, 0.25) is 0 Å². The molecule has 4 amide bonds. The molecule has 11 rings (SSSR count). The number of carbonyl (C=O) groups is 4. The van der Waals surface area contributed by atoms with Crippen molar-refractivity contribution in [2.75, 3.05) is 6.54 Å². The summed E-state index contributed by atoms with van der Waals surface area (Å²) in [7, 11) is 0. The van der Waals surface area contributed by atoms with Crippen LogP contribution in [0, 0.1) is 23.2 Å². The quantitative estimate of drug-likeness (QED) is 0.0802. The second kappa shape index (κ2) is 17.1. The maximum atomic E-state index is 16.7. The first-order valence-corrected chi connectivity index (χ1v) is 24.4. The molecule has 2 aliphatic heterocycles. The molecular weight excluding hydrogens is 895 g/mol. The van der Waals surface area contributed by atoms with Gasteiger partial charge in [-0.05, 0) is 114 Å². The molecule has 2 bridgehead atoms. The lowest BCUT2D eigenvalue weighted by Gasteiger charge is -2.37. The molecule has 6 atom stereocenters. The van der Waals surface area contributed by atoms with E-state index < -0.39 is 36.2 Å². The van der Waals surface area contributed by atoms with Crippen molar-refractivity contribution >= 4 is 35.0 Å². The zero-order valence-corrected chi connectivity index (χ0v) is 39.5. The van der Waals surface area contributed by atoms with Gasteiger partial charge < -0.3 is 40.2 Å². The third kappa shape index (κ3) is 7.94. The Bertz CT molecular complexity index is 3050. The molecule has 16 heteroatoms. The molecule has 2 saturated heterocycles. The van der Waals surface area contributed by atoms with Crippen LogP contribution >= 0.6 is 0 Å². The monoisotopic (exact) mass is 950 g/mol. The third-order valence-corrected chi connectivity index (χ3v) is 15.6. The fraction of sp³-hybridized carbons (Fsp3) is 0.407. The van der Waals surface area contributed by atoms with E-state index in [1.165, 1.54) is 6.07 Å². The number of benzene rings is 4. The van der Waals surface area contributed by atoms with Crippen molar-refractivity contribution in [1.82, 2.24) is 40.4 Å². The van der Waals surface area contributed by atoms with Gasteiger partial charge in [0.05, 0.1) is 35.0 Å². The highest BCUT2D eigenvalue weighted by molar-refractivity contribution is 5.89. The predicted molar refractivity (Wildman–Crippen MR) is 257 cm³/mol. The Morgan fingerprint density at radius 2 is 1.49 bits per heavy atom. The number of aromatic nitrogens is 4. The SMILES string of the molecule is CC(C)C(NC(=O)O)C(=O)N1CC2(CC2)CC1c1ncc(-c2ccc3c(c2)C(F)(F)c2cc(-c4ccc5nc([C@@H]6C7CCC(C7)N6C(=O)[C@@H](NC(=O)OCc6ccccc6)C(C)C)[nH]c5c4)ccc2-3)[nH]1. The molecule has 4 unspecified atom stereocenters. The van der Waals surface area contributed by atoms with Crippen LogP contribution in [0.5, 0.6) is 0 Å². The Morgan fingerprint density at radius 3 is 2.19 bits per heavy atom. The average molecular weight is 951 g/mol. The number of ether oxygens (including phenoxy) is 1. The van der Waals surface area contributed by atoms with E-state index in [1.807, 2.05) is 73.3 Å². The van der Waals surface area contributed by atoms with E-state index in [0.717, 1.165) is 48.7 Å². The number of alkyl halides is 2. The van der Waals surface area contributed by atoms with Crippen molar-refractivity contribution in [3.8, 4) is 33.5 Å². The second-order valence-corrected chi connectivity index (χ2v) is 20.8. The van der Waals surface area contributed by atoms with E-state index in [2.05, 4.69) is 25.6 Å². The topological polar surface area (TPSA) is 186 Å². The Labute approximate surface area is 403 Å². The number of hydrogen-bond donors (Lipinski definition) is 5. The average Bonchev–Trinajstić information content (AvgIpc) is 4.01. The van der Waals surface area contributed by atoms with E-state index in [-0.39, 0.29) is 64.8 Å². The molecule has 4 aromatic carbocycles. The lowest BCUT2D eigenvalue weighted by atomic mass is 9.95. The van der Waals surface area contributed by atoms with Crippen LogP contribution in [-0.2, 0) is 26.9 Å². The van der Waals surface area contributed by atoms with Crippen LogP contribution in [0.25, 0.3) is 44.5 Å². The smallest absolute Gasteiger partial charge is 0.408 e. The standard InChI is InChI=1S/C54H56F2N8O6/c1-28(2)44(61-51(67)68)49(65)63-27-53(18-19-53)24-43(63)47-57-25-42(60-47)33-12-16-37-36-15-11-31(21-38(36)54(55,56)39(37)22-33)32-13-17-40-41(23-32)59-48(58-40)46-34-10-14-35(20-34)64(46)50(66)45(29(3)4)62-52(69)70-26-30-8-6-5-7-9-30/h5-9,11-13,15-17,21-23,25,28-29,34-35,43-46,61H,10,14,18-20,24,26-27H2,1-4H3,(H,57,60)(H,58,59)(H,62,69)(H,67,68)/t34?,35?,43?,44?,45-,46-/m0/s1. The predicted octanol–water partition coefficient (Wildman–Crippen LogP) is 10.1. The van der Waals surface area contributed by atoms with Crippen LogP contribution < -0.4 is 10.6 Å². The summed E-state index contributed by atoms with van der Waals surface area (Å²) < 4.78 is 39.0. The second-order valence-electron chi connectivity index (χ2n) is 20.8. The summed E-state index contributed by atoms with van der Waals surface area (Å²) in [6.07, 6.45) is 5.00. The summed E-state index contributed by atoms with van der Waals surface area (Å²) in [5.74, 6) is -2.85. The Balaban J connectivity index is 0.817. The van der Waals surface area contributed by atoms with Crippen molar-refractivity contribution in [1.29, 1.82) is 0 Å². The van der Waals surface area contributed by atoms with Crippen LogP contribution in [-0.4, -0.2) is 83.5 Å². The van der Waals surface area contributed by atoms with E-state index in [9.17, 15) is 24.3 Å². The lowest BCUT2D eigenvalue weighted by Crippen LogP contribution is -2.54. The molecule has 362 valence electrons. The van der Waals surface area contributed by atoms with Gasteiger partial charge in [0.25, 0.3) is 5.92 Å². The first-order chi connectivity index (χ1) is 33.6. The third-order valence-electron chi connectivity index (χ3n) is 15.6. The van der Waals surface area contributed by atoms with Crippen molar-refractivity contribution in [2.24, 2.45) is 23.2 Å². The molecular formula is C54H56F2N8O6. The number of fused-ring (bicyclic) bond motifs is 6. The lowest BCUT2D eigenvalue weighted by molar-refractivity contribution is -0.139. The van der Waals surface area contributed by atoms with Gasteiger partial charge in [0.2, 0.25) is 11.8 Å². The molecule has 4 fully saturated rings. The van der Waals surface area contributed by atoms with E-state index in [0.29, 0.717) is 58.1 Å². The number of aromatic amines is 2. The molecule has 5 N–H and O–H groups in total. The minimum absolute atomic E-state index is 0.0171. The van der Waals surface area contributed by atoms with Crippen molar-refractivity contribution < 1.29 is 37.8 Å². The van der Waals surface area contributed by atoms with Crippen molar-refractivity contribution in [2.45, 2.75) is 109 Å². The number of H-pyrrole nitrogens is 2. The van der Waals surface area contributed by atoms with Crippen LogP contribution in [0.15, 0.2) is 91.1 Å². The highest BCUT2D eigenvalue weighted by atomic mass is 19.3. The number of carbonyl (C=O) groups excluding carboxylic acids is 3. The van der Waals surface area contributed by atoms with E-state index >= 15 is 8.78 Å². The number of amides is 4. The highest BCUT2D eigenvalue weighted by Crippen LogP contribution is 2.59. The minimum atomic E-state index is -3.31. The van der Waals surface area contributed by atoms with Gasteiger partial charge in [-0.1, -0.05) is 88.4 Å². The molecule has 0 radical (unpaired) electrons. The molecule has 5 aliphatic rings. The van der Waals surface area contributed by atoms with Crippen LogP contribution in [0.3, 0.4) is 0 Å². The fourth-order valence-corrected chi connectivity index (χ4v) is 11.7. The summed E-state index contributed by atoms with van der Waals surface area (Å²) in [6.45, 7) is 8.02. The fourth-order valence-electron chi connectivity index (χ4n) is 11.7. The molecule has 2 saturated carbocycles. The zero-order chi connectivity index (χ0) is 48.8. The summed E-state index contributed by atoms with van der Waals surface area (Å²) in [5, 5.41) is 14.7. The molecule has 70 heavy (non-hydrogen) atoms. The van der Waals surface area contributed by atoms with E-state index in [1.54, 1.807) is 49.2 Å². The van der Waals surface area contributed by atoms with Gasteiger partial charge in [-0.15, -0.1) is 0 Å². The van der Waals surface area contributed by atoms with Gasteiger partial charge in [0.1, 0.15) is 30.3 Å². The normalized spacial score (nSPS) is 22.1. The Hall–Kier alpha value is -7.10. The van der Waals surface area contributed by atoms with E-state index in [4.69, 9.17) is 9.72 Å². The summed E-state index contributed by atoms with van der Waals surface area (Å²) >= 11 is 0. The maximum absolute atomic E-state index is 16.7. The molecule has 3 aliphatic carbocycles. The van der Waals surface area contributed by atoms with Crippen molar-refractivity contribution in [3.05, 3.63) is 119 Å². The molecule has 4 heterocycles. The van der Waals surface area contributed by atoms with Gasteiger partial charge >= 0.3 is 12.2 Å². The van der Waals surface area contributed by atoms with Gasteiger partial charge in [-0.3, -0.25) is 9.59 Å². The van der Waals surface area contributed by atoms with Crippen LogP contribution in [0.1, 0.15) is 107 Å². The first kappa shape index (κ1) is 45.3. The number of imidazole rings is 2. The maximum Gasteiger partial charge on any atom is 0.408 e. The Kier molecular flexibility index (Phi) is 11.1. The minimum Gasteiger partial charge on any atom is -0.465 e. The summed E-state index contributed by atoms with van der Waals surface area (Å²) in [6, 6.07) is 22.8. The number of nitrogens with one attached hydrogen (secondary N) is 4. The summed E-state index contributed by atoms with van der Waals surface area (Å²) in [5.41, 5.74) is 5.35. The number of hydrogen-bond acceptors (Lipinski definition) is 7. The molecule has 14 nitrogen and oxygen atoms in total. The number of piperidine rings is 1. The number of alkyl carbamates (subject to hydrolysis) is 1. The number of carboxylic acid groups (broad SMARTS) is 1. The molecule has 2 aromatic heterocycles. The van der Waals surface area contributed by atoms with Crippen LogP contribution in [0.4, 0.5) is 18.4 Å². The number of halogens is 2. The van der Waals surface area contributed by atoms with Gasteiger partial charge in [0, 0.05) is 29.3 Å². The number of likely N-dealkylation sites (tertiary alicyclic amines) is 2. The summed E-state index contributed by atoms with van der Waals surface area (Å²) in [4.78, 5) is 73.0. The highest BCUT2D eigenvalue weighted by Gasteiger charge is 2.56. The van der Waals surface area contributed by atoms with Gasteiger partial charge in [-0.2, -0.15) is 8.78 Å². The molecule has 1 spiro atoms. The number of nitrogens with zero attached hydrogens (tertiary/aromatic N) is 4. The van der Waals surface area contributed by atoms with Crippen molar-refractivity contribution in [3.63, 3.8) is 0 Å². The first-order valence-electron chi connectivity index (χ1n) is 24.4. The van der Waals surface area contributed by atoms with Gasteiger partial charge in [0.15, 0.2) is 0 Å². The zero-order valence-electron chi connectivity index (χ0n) is 39.5. The van der Waals surface area contributed by atoms with Gasteiger partial charge in [-0.25, -0.2) is 19.6 Å². The molecule has 6 aromatic rings. The number of rotatable bonds is 12.